The first-order chi connectivity index (χ1) is 13.3. The molecule has 1 fully saturated rings. The lowest BCUT2D eigenvalue weighted by Crippen LogP contribution is -2.41. The first-order valence-corrected chi connectivity index (χ1v) is 10.2. The largest absolute Gasteiger partial charge is 0.492 e. The minimum atomic E-state index is -0.396. The molecule has 3 heterocycles. The Morgan fingerprint density at radius 1 is 1.25 bits per heavy atom. The minimum absolute atomic E-state index is 0.0605. The van der Waals surface area contributed by atoms with Crippen LogP contribution >= 0.6 is 11.3 Å². The molecule has 3 aromatic rings. The molecule has 1 N–H and O–H groups in total. The number of nitro groups is 1. The van der Waals surface area contributed by atoms with E-state index >= 15 is 0 Å². The number of likely N-dealkylation sites (tertiary alicyclic amines) is 1. The van der Waals surface area contributed by atoms with Crippen molar-refractivity contribution in [3.63, 3.8) is 0 Å². The Kier molecular flexibility index (Phi) is 4.80. The standard InChI is InChI=1S/C19H23N5O3S/c1-11-8-12(2)10-22(9-11)16(14-4-6-15(7-5-14)24(26)27)17-18(25)23-19(28-17)20-13(3)21-23/h4-7,11-12,16,25H,8-10H2,1-3H3/t11-,12-,16+/m1/s1. The van der Waals surface area contributed by atoms with Gasteiger partial charge in [-0.2, -0.15) is 4.52 Å². The average molecular weight is 401 g/mol. The molecule has 0 bridgehead atoms. The van der Waals surface area contributed by atoms with Gasteiger partial charge < -0.3 is 5.11 Å². The monoisotopic (exact) mass is 401 g/mol. The van der Waals surface area contributed by atoms with Crippen LogP contribution in [0.4, 0.5) is 5.69 Å². The van der Waals surface area contributed by atoms with Crippen molar-refractivity contribution in [1.82, 2.24) is 19.5 Å². The van der Waals surface area contributed by atoms with E-state index in [9.17, 15) is 15.2 Å². The van der Waals surface area contributed by atoms with Crippen molar-refractivity contribution in [2.24, 2.45) is 11.8 Å². The number of rotatable bonds is 4. The zero-order valence-corrected chi connectivity index (χ0v) is 16.9. The van der Waals surface area contributed by atoms with Crippen LogP contribution in [0.1, 0.15) is 42.6 Å². The fourth-order valence-corrected chi connectivity index (χ4v) is 5.42. The number of hydrogen-bond donors (Lipinski definition) is 1. The van der Waals surface area contributed by atoms with Gasteiger partial charge >= 0.3 is 0 Å². The molecule has 1 saturated heterocycles. The first kappa shape index (κ1) is 18.8. The molecule has 4 rings (SSSR count). The third-order valence-corrected chi connectivity index (χ3v) is 6.31. The van der Waals surface area contributed by atoms with Crippen molar-refractivity contribution in [2.75, 3.05) is 13.1 Å². The Morgan fingerprint density at radius 2 is 1.89 bits per heavy atom. The molecule has 1 aliphatic rings. The number of nitro benzene ring substituents is 1. The van der Waals surface area contributed by atoms with Gasteiger partial charge in [-0.15, -0.1) is 5.10 Å². The number of thiazole rings is 1. The lowest BCUT2D eigenvalue weighted by atomic mass is 9.89. The van der Waals surface area contributed by atoms with Crippen molar-refractivity contribution in [3.05, 3.63) is 50.6 Å². The molecule has 0 saturated carbocycles. The molecule has 2 aromatic heterocycles. The Morgan fingerprint density at radius 3 is 2.46 bits per heavy atom. The van der Waals surface area contributed by atoms with E-state index in [-0.39, 0.29) is 17.6 Å². The third kappa shape index (κ3) is 3.35. The van der Waals surface area contributed by atoms with Gasteiger partial charge in [0.1, 0.15) is 5.82 Å². The van der Waals surface area contributed by atoms with Gasteiger partial charge in [0.15, 0.2) is 0 Å². The quantitative estimate of drug-likeness (QED) is 0.528. The summed E-state index contributed by atoms with van der Waals surface area (Å²) in [5.74, 6) is 1.78. The average Bonchev–Trinajstić information content (AvgIpc) is 3.13. The van der Waals surface area contributed by atoms with E-state index in [2.05, 4.69) is 28.8 Å². The predicted molar refractivity (Wildman–Crippen MR) is 107 cm³/mol. The fraction of sp³-hybridized carbons (Fsp3) is 0.474. The Hall–Kier alpha value is -2.52. The zero-order valence-electron chi connectivity index (χ0n) is 16.1. The van der Waals surface area contributed by atoms with Crippen LogP contribution in [-0.4, -0.2) is 42.6 Å². The number of aromatic nitrogens is 3. The van der Waals surface area contributed by atoms with Gasteiger partial charge in [0, 0.05) is 25.2 Å². The molecule has 3 atom stereocenters. The van der Waals surface area contributed by atoms with E-state index in [4.69, 9.17) is 0 Å². The highest BCUT2D eigenvalue weighted by atomic mass is 32.1. The highest BCUT2D eigenvalue weighted by Gasteiger charge is 2.33. The molecule has 0 unspecified atom stereocenters. The summed E-state index contributed by atoms with van der Waals surface area (Å²) < 4.78 is 1.48. The maximum atomic E-state index is 11.0. The van der Waals surface area contributed by atoms with Crippen molar-refractivity contribution < 1.29 is 10.0 Å². The summed E-state index contributed by atoms with van der Waals surface area (Å²) in [5.41, 5.74) is 0.980. The molecule has 28 heavy (non-hydrogen) atoms. The minimum Gasteiger partial charge on any atom is -0.492 e. The number of aryl methyl sites for hydroxylation is 1. The third-order valence-electron chi connectivity index (χ3n) is 5.24. The second-order valence-corrected chi connectivity index (χ2v) is 8.80. The van der Waals surface area contributed by atoms with Gasteiger partial charge in [-0.1, -0.05) is 37.3 Å². The summed E-state index contributed by atoms with van der Waals surface area (Å²) in [4.78, 5) is 18.8. The van der Waals surface area contributed by atoms with Crippen LogP contribution in [0.3, 0.4) is 0 Å². The summed E-state index contributed by atoms with van der Waals surface area (Å²) in [6, 6.07) is 6.43. The predicted octanol–water partition coefficient (Wildman–Crippen LogP) is 3.78. The van der Waals surface area contributed by atoms with Crippen LogP contribution in [0.5, 0.6) is 5.88 Å². The SMILES string of the molecule is Cc1nc2sc([C@H](c3ccc([N+](=O)[O-])cc3)N3C[C@H](C)C[C@@H](C)C3)c(O)n2n1. The number of non-ortho nitro benzene ring substituents is 1. The Bertz CT molecular complexity index is 1000. The highest BCUT2D eigenvalue weighted by molar-refractivity contribution is 7.17. The summed E-state index contributed by atoms with van der Waals surface area (Å²) >= 11 is 1.42. The lowest BCUT2D eigenvalue weighted by Gasteiger charge is -2.40. The zero-order chi connectivity index (χ0) is 20.0. The Balaban J connectivity index is 1.81. The number of nitrogens with zero attached hydrogens (tertiary/aromatic N) is 5. The van der Waals surface area contributed by atoms with Crippen LogP contribution in [0, 0.1) is 28.9 Å². The van der Waals surface area contributed by atoms with Gasteiger partial charge in [-0.3, -0.25) is 15.0 Å². The Labute approximate surface area is 166 Å². The number of aromatic hydroxyl groups is 1. The number of benzene rings is 1. The fourth-order valence-electron chi connectivity index (χ4n) is 4.25. The topological polar surface area (TPSA) is 96.8 Å². The maximum Gasteiger partial charge on any atom is 0.269 e. The lowest BCUT2D eigenvalue weighted by molar-refractivity contribution is -0.384. The van der Waals surface area contributed by atoms with Crippen LogP contribution in [0.2, 0.25) is 0 Å². The second kappa shape index (κ2) is 7.14. The summed E-state index contributed by atoms with van der Waals surface area (Å²) in [6.07, 6.45) is 1.17. The van der Waals surface area contributed by atoms with Crippen LogP contribution in [0.15, 0.2) is 24.3 Å². The van der Waals surface area contributed by atoms with Crippen LogP contribution in [-0.2, 0) is 0 Å². The van der Waals surface area contributed by atoms with E-state index in [0.29, 0.717) is 22.6 Å². The van der Waals surface area contributed by atoms with Gasteiger partial charge in [0.2, 0.25) is 10.8 Å². The van der Waals surface area contributed by atoms with E-state index in [1.807, 2.05) is 0 Å². The van der Waals surface area contributed by atoms with E-state index in [1.165, 1.54) is 34.4 Å². The molecular formula is C19H23N5O3S. The highest BCUT2D eigenvalue weighted by Crippen LogP contribution is 2.42. The van der Waals surface area contributed by atoms with Gasteiger partial charge in [-0.25, -0.2) is 4.98 Å². The smallest absolute Gasteiger partial charge is 0.269 e. The van der Waals surface area contributed by atoms with Crippen molar-refractivity contribution >= 4 is 22.0 Å². The van der Waals surface area contributed by atoms with E-state index in [0.717, 1.165) is 23.5 Å². The van der Waals surface area contributed by atoms with Crippen LogP contribution < -0.4 is 0 Å². The number of hydrogen-bond acceptors (Lipinski definition) is 7. The molecule has 0 aliphatic carbocycles. The summed E-state index contributed by atoms with van der Waals surface area (Å²) in [5, 5.41) is 26.2. The van der Waals surface area contributed by atoms with E-state index in [1.54, 1.807) is 19.1 Å². The molecule has 0 radical (unpaired) electrons. The number of piperidine rings is 1. The summed E-state index contributed by atoms with van der Waals surface area (Å²) in [6.45, 7) is 8.07. The van der Waals surface area contributed by atoms with Crippen molar-refractivity contribution in [1.29, 1.82) is 0 Å². The molecule has 1 aliphatic heterocycles. The van der Waals surface area contributed by atoms with Gasteiger partial charge in [0.05, 0.1) is 15.8 Å². The molecule has 8 nitrogen and oxygen atoms in total. The van der Waals surface area contributed by atoms with Crippen molar-refractivity contribution in [3.8, 4) is 5.88 Å². The molecule has 0 amide bonds. The summed E-state index contributed by atoms with van der Waals surface area (Å²) in [7, 11) is 0. The molecule has 1 aromatic carbocycles. The molecule has 9 heteroatoms. The van der Waals surface area contributed by atoms with Crippen LogP contribution in [0.25, 0.3) is 4.96 Å². The van der Waals surface area contributed by atoms with E-state index < -0.39 is 4.92 Å². The van der Waals surface area contributed by atoms with Gasteiger partial charge in [-0.05, 0) is 30.7 Å². The molecule has 148 valence electrons. The second-order valence-electron chi connectivity index (χ2n) is 7.79. The van der Waals surface area contributed by atoms with Gasteiger partial charge in [0.25, 0.3) is 5.69 Å². The number of fused-ring (bicyclic) bond motifs is 1. The maximum absolute atomic E-state index is 11.0. The normalized spacial score (nSPS) is 21.8. The first-order valence-electron chi connectivity index (χ1n) is 9.37. The van der Waals surface area contributed by atoms with Crippen molar-refractivity contribution in [2.45, 2.75) is 33.2 Å². The molecular weight excluding hydrogens is 378 g/mol. The molecule has 0 spiro atoms.